The summed E-state index contributed by atoms with van der Waals surface area (Å²) >= 11 is 0. The molecule has 72 valence electrons. The molecule has 0 N–H and O–H groups in total. The highest BCUT2D eigenvalue weighted by atomic mass is 16.6. The molecule has 0 spiro atoms. The van der Waals surface area contributed by atoms with Crippen molar-refractivity contribution in [1.82, 2.24) is 0 Å². The third-order valence-corrected chi connectivity index (χ3v) is 3.43. The van der Waals surface area contributed by atoms with Gasteiger partial charge in [-0.25, -0.2) is 0 Å². The molecule has 2 rings (SSSR count). The first kappa shape index (κ1) is 8.79. The molecule has 1 aliphatic heterocycles. The van der Waals surface area contributed by atoms with Gasteiger partial charge in [-0.1, -0.05) is 19.9 Å². The summed E-state index contributed by atoms with van der Waals surface area (Å²) in [7, 11) is 0. The van der Waals surface area contributed by atoms with E-state index in [0.29, 0.717) is 12.3 Å². The Labute approximate surface area is 79.0 Å². The van der Waals surface area contributed by atoms with Gasteiger partial charge in [0.05, 0.1) is 6.42 Å². The number of allylic oxidation sites excluding steroid dienone is 1. The zero-order valence-corrected chi connectivity index (χ0v) is 8.46. The lowest BCUT2D eigenvalue weighted by Gasteiger charge is -2.41. The van der Waals surface area contributed by atoms with Gasteiger partial charge < -0.3 is 4.74 Å². The Kier molecular flexibility index (Phi) is 1.60. The van der Waals surface area contributed by atoms with E-state index >= 15 is 0 Å². The Balaban J connectivity index is 2.39. The van der Waals surface area contributed by atoms with E-state index in [2.05, 4.69) is 19.9 Å². The lowest BCUT2D eigenvalue weighted by atomic mass is 9.65. The van der Waals surface area contributed by atoms with Crippen molar-refractivity contribution < 1.29 is 9.53 Å². The Hall–Kier alpha value is -0.790. The summed E-state index contributed by atoms with van der Waals surface area (Å²) in [4.78, 5) is 11.2. The van der Waals surface area contributed by atoms with Crippen LogP contribution in [-0.2, 0) is 9.53 Å². The maximum atomic E-state index is 11.2. The van der Waals surface area contributed by atoms with Gasteiger partial charge in [0, 0.05) is 5.92 Å². The van der Waals surface area contributed by atoms with Crippen LogP contribution in [0.5, 0.6) is 0 Å². The normalized spacial score (nSPS) is 41.5. The second-order valence-corrected chi connectivity index (χ2v) is 5.01. The summed E-state index contributed by atoms with van der Waals surface area (Å²) in [6, 6.07) is 0. The third-order valence-electron chi connectivity index (χ3n) is 3.43. The second kappa shape index (κ2) is 2.37. The van der Waals surface area contributed by atoms with Crippen molar-refractivity contribution in [3.63, 3.8) is 0 Å². The highest BCUT2D eigenvalue weighted by Gasteiger charge is 2.52. The number of carbonyl (C=O) groups is 1. The maximum Gasteiger partial charge on any atom is 0.307 e. The maximum absolute atomic E-state index is 11.2. The smallest absolute Gasteiger partial charge is 0.307 e. The molecule has 1 saturated heterocycles. The Bertz CT molecular complexity index is 278. The van der Waals surface area contributed by atoms with Crippen LogP contribution < -0.4 is 0 Å². The molecule has 0 aromatic heterocycles. The predicted molar refractivity (Wildman–Crippen MR) is 50.1 cm³/mol. The predicted octanol–water partition coefficient (Wildman–Crippen LogP) is 2.29. The van der Waals surface area contributed by atoms with Gasteiger partial charge >= 0.3 is 5.97 Å². The summed E-state index contributed by atoms with van der Waals surface area (Å²) < 4.78 is 5.36. The number of fused-ring (bicyclic) bond motifs is 1. The van der Waals surface area contributed by atoms with Crippen molar-refractivity contribution in [3.05, 3.63) is 12.2 Å². The van der Waals surface area contributed by atoms with Crippen molar-refractivity contribution in [3.8, 4) is 0 Å². The van der Waals surface area contributed by atoms with Crippen LogP contribution in [0.1, 0.15) is 33.6 Å². The highest BCUT2D eigenvalue weighted by molar-refractivity contribution is 5.73. The minimum atomic E-state index is -0.334. The minimum Gasteiger partial charge on any atom is -0.455 e. The molecule has 2 heteroatoms. The van der Waals surface area contributed by atoms with E-state index in [4.69, 9.17) is 4.74 Å². The summed E-state index contributed by atoms with van der Waals surface area (Å²) in [5, 5.41) is 0. The van der Waals surface area contributed by atoms with Crippen LogP contribution in [0, 0.1) is 11.3 Å². The van der Waals surface area contributed by atoms with E-state index in [1.165, 1.54) is 0 Å². The van der Waals surface area contributed by atoms with Crippen molar-refractivity contribution in [2.75, 3.05) is 0 Å². The van der Waals surface area contributed by atoms with E-state index in [0.717, 1.165) is 6.42 Å². The van der Waals surface area contributed by atoms with Crippen molar-refractivity contribution in [2.45, 2.75) is 39.2 Å². The molecule has 2 nitrogen and oxygen atoms in total. The SMILES string of the molecule is CC1(C)CC=C[C@]2(C)OC(=O)C[C@H]12. The van der Waals surface area contributed by atoms with Gasteiger partial charge in [-0.2, -0.15) is 0 Å². The zero-order valence-electron chi connectivity index (χ0n) is 8.46. The fourth-order valence-corrected chi connectivity index (χ4v) is 2.67. The molecular weight excluding hydrogens is 164 g/mol. The molecule has 0 radical (unpaired) electrons. The number of hydrogen-bond donors (Lipinski definition) is 0. The molecule has 1 fully saturated rings. The molecule has 0 amide bonds. The van der Waals surface area contributed by atoms with Gasteiger partial charge in [0.25, 0.3) is 0 Å². The van der Waals surface area contributed by atoms with Gasteiger partial charge in [0.1, 0.15) is 5.60 Å². The first-order chi connectivity index (χ1) is 5.94. The van der Waals surface area contributed by atoms with Crippen LogP contribution in [0.4, 0.5) is 0 Å². The molecule has 2 atom stereocenters. The monoisotopic (exact) mass is 180 g/mol. The summed E-state index contributed by atoms with van der Waals surface area (Å²) in [5.41, 5.74) is -0.144. The lowest BCUT2D eigenvalue weighted by molar-refractivity contribution is -0.145. The van der Waals surface area contributed by atoms with Crippen LogP contribution in [0.2, 0.25) is 0 Å². The molecule has 0 aromatic carbocycles. The van der Waals surface area contributed by atoms with Crippen LogP contribution in [0.15, 0.2) is 12.2 Å². The van der Waals surface area contributed by atoms with Crippen LogP contribution >= 0.6 is 0 Å². The summed E-state index contributed by atoms with van der Waals surface area (Å²) in [6.07, 6.45) is 5.81. The molecule has 0 saturated carbocycles. The number of ether oxygens (including phenoxy) is 1. The first-order valence-electron chi connectivity index (χ1n) is 4.84. The third kappa shape index (κ3) is 1.19. The molecule has 0 bridgehead atoms. The number of rotatable bonds is 0. The Morgan fingerprint density at radius 3 is 2.77 bits per heavy atom. The number of hydrogen-bond acceptors (Lipinski definition) is 2. The first-order valence-corrected chi connectivity index (χ1v) is 4.84. The largest absolute Gasteiger partial charge is 0.455 e. The zero-order chi connectivity index (χ0) is 9.69. The van der Waals surface area contributed by atoms with Crippen LogP contribution in [0.3, 0.4) is 0 Å². The van der Waals surface area contributed by atoms with Crippen molar-refractivity contribution in [1.29, 1.82) is 0 Å². The van der Waals surface area contributed by atoms with Gasteiger partial charge in [0.15, 0.2) is 0 Å². The number of carbonyl (C=O) groups excluding carboxylic acids is 1. The molecular formula is C11H16O2. The van der Waals surface area contributed by atoms with Gasteiger partial charge in [-0.3, -0.25) is 4.79 Å². The van der Waals surface area contributed by atoms with Gasteiger partial charge in [0.2, 0.25) is 0 Å². The Morgan fingerprint density at radius 2 is 2.15 bits per heavy atom. The average Bonchev–Trinajstić information content (AvgIpc) is 2.25. The minimum absolute atomic E-state index is 0.0490. The van der Waals surface area contributed by atoms with Gasteiger partial charge in [-0.15, -0.1) is 0 Å². The topological polar surface area (TPSA) is 26.3 Å². The van der Waals surface area contributed by atoms with Crippen LogP contribution in [-0.4, -0.2) is 11.6 Å². The standard InChI is InChI=1S/C11H16O2/c1-10(2)5-4-6-11(3)8(10)7-9(12)13-11/h4,6,8H,5,7H2,1-3H3/t8-,11+/m1/s1. The Morgan fingerprint density at radius 1 is 1.46 bits per heavy atom. The van der Waals surface area contributed by atoms with Crippen LogP contribution in [0.25, 0.3) is 0 Å². The van der Waals surface area contributed by atoms with Crippen molar-refractivity contribution in [2.24, 2.45) is 11.3 Å². The summed E-state index contributed by atoms with van der Waals surface area (Å²) in [6.45, 7) is 6.43. The molecule has 13 heavy (non-hydrogen) atoms. The fourth-order valence-electron chi connectivity index (χ4n) is 2.67. The molecule has 1 aliphatic carbocycles. The molecule has 0 aromatic rings. The highest BCUT2D eigenvalue weighted by Crippen LogP contribution is 2.49. The fraction of sp³-hybridized carbons (Fsp3) is 0.727. The van der Waals surface area contributed by atoms with E-state index in [1.54, 1.807) is 0 Å². The summed E-state index contributed by atoms with van der Waals surface area (Å²) in [5.74, 6) is 0.296. The van der Waals surface area contributed by atoms with Crippen molar-refractivity contribution >= 4 is 5.97 Å². The second-order valence-electron chi connectivity index (χ2n) is 5.01. The molecule has 0 unspecified atom stereocenters. The lowest BCUT2D eigenvalue weighted by Crippen LogP contribution is -2.41. The molecule has 2 aliphatic rings. The van der Waals surface area contributed by atoms with E-state index in [1.807, 2.05) is 13.0 Å². The van der Waals surface area contributed by atoms with E-state index < -0.39 is 0 Å². The average molecular weight is 180 g/mol. The molecule has 1 heterocycles. The number of esters is 1. The van der Waals surface area contributed by atoms with E-state index in [9.17, 15) is 4.79 Å². The van der Waals surface area contributed by atoms with Gasteiger partial charge in [-0.05, 0) is 24.8 Å². The van der Waals surface area contributed by atoms with E-state index in [-0.39, 0.29) is 17.0 Å². The quantitative estimate of drug-likeness (QED) is 0.422.